The summed E-state index contributed by atoms with van der Waals surface area (Å²) in [6.45, 7) is 1.73. The molecule has 126 valence electrons. The fourth-order valence-electron chi connectivity index (χ4n) is 3.15. The molecule has 6 heteroatoms. The molecule has 0 atom stereocenters. The number of amides is 1. The lowest BCUT2D eigenvalue weighted by molar-refractivity contribution is -0.127. The molecular formula is C17H24N2O3S. The third-order valence-corrected chi connectivity index (χ3v) is 6.91. The number of hydrogen-bond acceptors (Lipinski definition) is 3. The summed E-state index contributed by atoms with van der Waals surface area (Å²) in [6, 6.07) is 8.59. The van der Waals surface area contributed by atoms with Crippen molar-refractivity contribution in [3.8, 4) is 0 Å². The van der Waals surface area contributed by atoms with Gasteiger partial charge in [-0.15, -0.1) is 0 Å². The second kappa shape index (κ2) is 7.01. The van der Waals surface area contributed by atoms with Crippen molar-refractivity contribution in [2.75, 3.05) is 19.6 Å². The molecule has 3 rings (SSSR count). The predicted octanol–water partition coefficient (Wildman–Crippen LogP) is 2.00. The van der Waals surface area contributed by atoms with Gasteiger partial charge in [-0.3, -0.25) is 4.79 Å². The zero-order valence-corrected chi connectivity index (χ0v) is 14.1. The van der Waals surface area contributed by atoms with Gasteiger partial charge < -0.3 is 5.32 Å². The van der Waals surface area contributed by atoms with Crippen LogP contribution in [-0.4, -0.2) is 38.3 Å². The molecule has 1 aliphatic heterocycles. The number of piperidine rings is 1. The Hall–Kier alpha value is -1.40. The maximum Gasteiger partial charge on any atom is 0.243 e. The summed E-state index contributed by atoms with van der Waals surface area (Å²) in [5.41, 5.74) is 0. The van der Waals surface area contributed by atoms with Crippen molar-refractivity contribution in [3.05, 3.63) is 30.3 Å². The maximum absolute atomic E-state index is 12.6. The lowest BCUT2D eigenvalue weighted by atomic mass is 9.84. The third kappa shape index (κ3) is 3.75. The van der Waals surface area contributed by atoms with Gasteiger partial charge in [0, 0.05) is 25.6 Å². The Bertz CT molecular complexity index is 633. The fourth-order valence-corrected chi connectivity index (χ4v) is 4.65. The van der Waals surface area contributed by atoms with E-state index in [1.54, 1.807) is 28.6 Å². The summed E-state index contributed by atoms with van der Waals surface area (Å²) in [5, 5.41) is 3.03. The monoisotopic (exact) mass is 336 g/mol. The quantitative estimate of drug-likeness (QED) is 0.894. The number of sulfonamides is 1. The highest BCUT2D eigenvalue weighted by molar-refractivity contribution is 7.89. The van der Waals surface area contributed by atoms with Crippen LogP contribution in [0.25, 0.3) is 0 Å². The minimum absolute atomic E-state index is 0.176. The van der Waals surface area contributed by atoms with Crippen LogP contribution < -0.4 is 5.32 Å². The first-order valence-electron chi connectivity index (χ1n) is 8.40. The molecule has 2 aliphatic rings. The van der Waals surface area contributed by atoms with Crippen LogP contribution in [0.1, 0.15) is 32.1 Å². The lowest BCUT2D eigenvalue weighted by Crippen LogP contribution is -2.43. The van der Waals surface area contributed by atoms with Crippen molar-refractivity contribution in [2.45, 2.75) is 37.0 Å². The largest absolute Gasteiger partial charge is 0.356 e. The predicted molar refractivity (Wildman–Crippen MR) is 88.3 cm³/mol. The molecule has 1 saturated carbocycles. The molecule has 23 heavy (non-hydrogen) atoms. The molecule has 1 heterocycles. The van der Waals surface area contributed by atoms with Gasteiger partial charge in [-0.05, 0) is 43.7 Å². The van der Waals surface area contributed by atoms with Crippen LogP contribution in [0.3, 0.4) is 0 Å². The Morgan fingerprint density at radius 2 is 1.74 bits per heavy atom. The normalized spacial score (nSPS) is 20.9. The Kier molecular flexibility index (Phi) is 5.02. The van der Waals surface area contributed by atoms with E-state index in [1.807, 2.05) is 6.07 Å². The summed E-state index contributed by atoms with van der Waals surface area (Å²) < 4.78 is 26.7. The summed E-state index contributed by atoms with van der Waals surface area (Å²) in [5.74, 6) is 0.769. The highest BCUT2D eigenvalue weighted by Crippen LogP contribution is 2.27. The van der Waals surface area contributed by atoms with Gasteiger partial charge in [0.05, 0.1) is 4.90 Å². The van der Waals surface area contributed by atoms with E-state index in [-0.39, 0.29) is 11.8 Å². The molecule has 0 spiro atoms. The van der Waals surface area contributed by atoms with E-state index < -0.39 is 10.0 Å². The average Bonchev–Trinajstić information content (AvgIpc) is 2.52. The van der Waals surface area contributed by atoms with E-state index in [0.717, 1.165) is 32.1 Å². The lowest BCUT2D eigenvalue weighted by Gasteiger charge is -2.32. The van der Waals surface area contributed by atoms with E-state index in [4.69, 9.17) is 0 Å². The molecule has 2 fully saturated rings. The fraction of sp³-hybridized carbons (Fsp3) is 0.588. The van der Waals surface area contributed by atoms with Crippen molar-refractivity contribution in [1.29, 1.82) is 0 Å². The van der Waals surface area contributed by atoms with Gasteiger partial charge in [-0.25, -0.2) is 8.42 Å². The number of carbonyl (C=O) groups excluding carboxylic acids is 1. The first kappa shape index (κ1) is 16.5. The van der Waals surface area contributed by atoms with Gasteiger partial charge in [0.1, 0.15) is 0 Å². The van der Waals surface area contributed by atoms with Crippen molar-refractivity contribution < 1.29 is 13.2 Å². The standard InChI is InChI=1S/C17H24N2O3S/c20-17(15-5-4-6-15)18-13-14-9-11-19(12-10-14)23(21,22)16-7-2-1-3-8-16/h1-3,7-8,14-15H,4-6,9-13H2,(H,18,20). The molecular weight excluding hydrogens is 312 g/mol. The molecule has 1 saturated heterocycles. The first-order valence-corrected chi connectivity index (χ1v) is 9.84. The summed E-state index contributed by atoms with van der Waals surface area (Å²) in [6.07, 6.45) is 4.79. The summed E-state index contributed by atoms with van der Waals surface area (Å²) >= 11 is 0. The minimum atomic E-state index is -3.38. The van der Waals surface area contributed by atoms with Crippen LogP contribution in [-0.2, 0) is 14.8 Å². The highest BCUT2D eigenvalue weighted by Gasteiger charge is 2.30. The second-order valence-corrected chi connectivity index (χ2v) is 8.47. The van der Waals surface area contributed by atoms with Gasteiger partial charge in [-0.2, -0.15) is 4.31 Å². The molecule has 0 unspecified atom stereocenters. The van der Waals surface area contributed by atoms with Gasteiger partial charge in [0.2, 0.25) is 15.9 Å². The first-order chi connectivity index (χ1) is 11.1. The van der Waals surface area contributed by atoms with Crippen molar-refractivity contribution >= 4 is 15.9 Å². The number of hydrogen-bond donors (Lipinski definition) is 1. The molecule has 0 aromatic heterocycles. The van der Waals surface area contributed by atoms with Crippen LogP contribution >= 0.6 is 0 Å². The maximum atomic E-state index is 12.6. The van der Waals surface area contributed by atoms with Gasteiger partial charge in [-0.1, -0.05) is 24.6 Å². The van der Waals surface area contributed by atoms with Crippen molar-refractivity contribution in [1.82, 2.24) is 9.62 Å². The van der Waals surface area contributed by atoms with Crippen LogP contribution in [0, 0.1) is 11.8 Å². The Balaban J connectivity index is 1.49. The summed E-state index contributed by atoms with van der Waals surface area (Å²) in [4.78, 5) is 12.2. The molecule has 1 amide bonds. The van der Waals surface area contributed by atoms with E-state index in [9.17, 15) is 13.2 Å². The Labute approximate surface area is 138 Å². The Morgan fingerprint density at radius 1 is 1.09 bits per heavy atom. The van der Waals surface area contributed by atoms with E-state index in [0.29, 0.717) is 30.4 Å². The van der Waals surface area contributed by atoms with Crippen molar-refractivity contribution in [3.63, 3.8) is 0 Å². The zero-order valence-electron chi connectivity index (χ0n) is 13.3. The minimum Gasteiger partial charge on any atom is -0.356 e. The highest BCUT2D eigenvalue weighted by atomic mass is 32.2. The van der Waals surface area contributed by atoms with Crippen LogP contribution in [0.4, 0.5) is 0 Å². The molecule has 5 nitrogen and oxygen atoms in total. The molecule has 1 N–H and O–H groups in total. The van der Waals surface area contributed by atoms with E-state index >= 15 is 0 Å². The number of nitrogens with zero attached hydrogens (tertiary/aromatic N) is 1. The molecule has 1 aromatic rings. The van der Waals surface area contributed by atoms with E-state index in [1.165, 1.54) is 0 Å². The molecule has 0 bridgehead atoms. The topological polar surface area (TPSA) is 66.5 Å². The van der Waals surface area contributed by atoms with Crippen LogP contribution in [0.5, 0.6) is 0 Å². The van der Waals surface area contributed by atoms with Crippen LogP contribution in [0.2, 0.25) is 0 Å². The van der Waals surface area contributed by atoms with Crippen LogP contribution in [0.15, 0.2) is 35.2 Å². The average molecular weight is 336 g/mol. The SMILES string of the molecule is O=C(NCC1CCN(S(=O)(=O)c2ccccc2)CC1)C1CCC1. The Morgan fingerprint density at radius 3 is 2.30 bits per heavy atom. The smallest absolute Gasteiger partial charge is 0.243 e. The molecule has 0 radical (unpaired) electrons. The van der Waals surface area contributed by atoms with Gasteiger partial charge >= 0.3 is 0 Å². The van der Waals surface area contributed by atoms with Gasteiger partial charge in [0.15, 0.2) is 0 Å². The number of benzene rings is 1. The number of nitrogens with one attached hydrogen (secondary N) is 1. The summed E-state index contributed by atoms with van der Waals surface area (Å²) in [7, 11) is -3.38. The number of carbonyl (C=O) groups is 1. The second-order valence-electron chi connectivity index (χ2n) is 6.53. The third-order valence-electron chi connectivity index (χ3n) is 5.00. The zero-order chi connectivity index (χ0) is 16.3. The number of rotatable bonds is 5. The molecule has 1 aromatic carbocycles. The van der Waals surface area contributed by atoms with E-state index in [2.05, 4.69) is 5.32 Å². The van der Waals surface area contributed by atoms with Crippen molar-refractivity contribution in [2.24, 2.45) is 11.8 Å². The van der Waals surface area contributed by atoms with Gasteiger partial charge in [0.25, 0.3) is 0 Å². The molecule has 1 aliphatic carbocycles.